The number of nitrogen functional groups attached to an aromatic ring is 1. The molecule has 0 saturated carbocycles. The molecule has 0 bridgehead atoms. The molecule has 0 spiro atoms. The Balaban J connectivity index is 2.57. The van der Waals surface area contributed by atoms with Crippen LogP contribution in [0.25, 0.3) is 0 Å². The van der Waals surface area contributed by atoms with E-state index >= 15 is 0 Å². The second kappa shape index (κ2) is 4.55. The van der Waals surface area contributed by atoms with Crippen LogP contribution in [0.15, 0.2) is 30.9 Å². The molecule has 0 aliphatic heterocycles. The second-order valence-corrected chi connectivity index (χ2v) is 3.08. The van der Waals surface area contributed by atoms with E-state index in [1.54, 1.807) is 0 Å². The molecule has 0 amide bonds. The van der Waals surface area contributed by atoms with Crippen molar-refractivity contribution in [3.8, 4) is 0 Å². The van der Waals surface area contributed by atoms with Gasteiger partial charge in [0.15, 0.2) is 0 Å². The molecule has 0 heterocycles. The van der Waals surface area contributed by atoms with E-state index in [9.17, 15) is 0 Å². The molecule has 2 nitrogen and oxygen atoms in total. The third-order valence-corrected chi connectivity index (χ3v) is 1.95. The minimum atomic E-state index is 0.842. The zero-order valence-corrected chi connectivity index (χ0v) is 8.01. The minimum Gasteiger partial charge on any atom is -0.399 e. The zero-order valence-electron chi connectivity index (χ0n) is 8.01. The lowest BCUT2D eigenvalue weighted by Gasteiger charge is -2.06. The monoisotopic (exact) mass is 176 g/mol. The number of rotatable bonds is 4. The molecule has 0 aliphatic carbocycles. The molecule has 1 rings (SSSR count). The number of aryl methyl sites for hydroxylation is 1. The average Bonchev–Trinajstić information content (AvgIpc) is 2.12. The van der Waals surface area contributed by atoms with Crippen LogP contribution in [0.3, 0.4) is 0 Å². The molecule has 2 heteroatoms. The maximum absolute atomic E-state index is 5.70. The fourth-order valence-electron chi connectivity index (χ4n) is 1.10. The molecule has 1 aromatic carbocycles. The van der Waals surface area contributed by atoms with Crippen LogP contribution in [0.5, 0.6) is 0 Å². The Labute approximate surface area is 79.5 Å². The van der Waals surface area contributed by atoms with Crippen molar-refractivity contribution in [2.75, 3.05) is 17.6 Å². The number of nitrogens with one attached hydrogen (secondary N) is 1. The van der Waals surface area contributed by atoms with Gasteiger partial charge in [-0.2, -0.15) is 0 Å². The first kappa shape index (κ1) is 9.65. The summed E-state index contributed by atoms with van der Waals surface area (Å²) < 4.78 is 0. The van der Waals surface area contributed by atoms with Crippen molar-refractivity contribution in [1.82, 2.24) is 0 Å². The van der Waals surface area contributed by atoms with Gasteiger partial charge in [0, 0.05) is 17.9 Å². The summed E-state index contributed by atoms with van der Waals surface area (Å²) in [6, 6.07) is 5.97. The van der Waals surface area contributed by atoms with Crippen LogP contribution in [0.4, 0.5) is 11.4 Å². The number of hydrogen-bond donors (Lipinski definition) is 2. The number of hydrogen-bond acceptors (Lipinski definition) is 2. The van der Waals surface area contributed by atoms with E-state index in [0.717, 1.165) is 29.9 Å². The molecule has 3 N–H and O–H groups in total. The summed E-state index contributed by atoms with van der Waals surface area (Å²) in [6.45, 7) is 6.59. The fourth-order valence-corrected chi connectivity index (χ4v) is 1.10. The molecule has 13 heavy (non-hydrogen) atoms. The molecule has 0 atom stereocenters. The molecule has 0 fully saturated rings. The number of anilines is 2. The molecule has 0 aliphatic rings. The molecular weight excluding hydrogens is 160 g/mol. The predicted molar refractivity (Wildman–Crippen MR) is 58.9 cm³/mol. The van der Waals surface area contributed by atoms with Gasteiger partial charge in [0.25, 0.3) is 0 Å². The topological polar surface area (TPSA) is 38.0 Å². The van der Waals surface area contributed by atoms with E-state index < -0.39 is 0 Å². The van der Waals surface area contributed by atoms with Crippen molar-refractivity contribution in [3.05, 3.63) is 36.4 Å². The Morgan fingerprint density at radius 1 is 1.54 bits per heavy atom. The van der Waals surface area contributed by atoms with Crippen LogP contribution in [-0.2, 0) is 0 Å². The lowest BCUT2D eigenvalue weighted by Crippen LogP contribution is -2.00. The fraction of sp³-hybridized carbons (Fsp3) is 0.273. The predicted octanol–water partition coefficient (Wildman–Crippen LogP) is 2.57. The summed E-state index contributed by atoms with van der Waals surface area (Å²) >= 11 is 0. The van der Waals surface area contributed by atoms with Gasteiger partial charge >= 0.3 is 0 Å². The Morgan fingerprint density at radius 3 is 2.92 bits per heavy atom. The Hall–Kier alpha value is -1.44. The normalized spacial score (nSPS) is 9.62. The third-order valence-electron chi connectivity index (χ3n) is 1.95. The average molecular weight is 176 g/mol. The second-order valence-electron chi connectivity index (χ2n) is 3.08. The first-order chi connectivity index (χ1) is 6.24. The summed E-state index contributed by atoms with van der Waals surface area (Å²) in [5.41, 5.74) is 8.77. The van der Waals surface area contributed by atoms with Crippen LogP contribution < -0.4 is 11.1 Å². The van der Waals surface area contributed by atoms with Crippen molar-refractivity contribution >= 4 is 11.4 Å². The number of nitrogens with two attached hydrogens (primary N) is 1. The highest BCUT2D eigenvalue weighted by molar-refractivity contribution is 5.56. The maximum atomic E-state index is 5.70. The molecule has 0 saturated heterocycles. The van der Waals surface area contributed by atoms with Crippen LogP contribution in [0, 0.1) is 6.92 Å². The molecule has 1 aromatic rings. The summed E-state index contributed by atoms with van der Waals surface area (Å²) in [5.74, 6) is 0. The van der Waals surface area contributed by atoms with Gasteiger partial charge < -0.3 is 11.1 Å². The zero-order chi connectivity index (χ0) is 9.68. The quantitative estimate of drug-likeness (QED) is 0.420. The SMILES string of the molecule is C=CCCNc1ccc(N)c(C)c1. The van der Waals surface area contributed by atoms with Crippen molar-refractivity contribution < 1.29 is 0 Å². The summed E-state index contributed by atoms with van der Waals surface area (Å²) in [5, 5.41) is 3.29. The van der Waals surface area contributed by atoms with Gasteiger partial charge in [-0.15, -0.1) is 6.58 Å². The first-order valence-electron chi connectivity index (χ1n) is 4.45. The number of benzene rings is 1. The Bertz CT molecular complexity index is 292. The van der Waals surface area contributed by atoms with E-state index in [1.807, 2.05) is 25.1 Å². The summed E-state index contributed by atoms with van der Waals surface area (Å²) in [6.07, 6.45) is 2.88. The van der Waals surface area contributed by atoms with Gasteiger partial charge in [0.2, 0.25) is 0 Å². The van der Waals surface area contributed by atoms with Gasteiger partial charge in [0.1, 0.15) is 0 Å². The lowest BCUT2D eigenvalue weighted by atomic mass is 10.2. The van der Waals surface area contributed by atoms with Crippen molar-refractivity contribution in [2.24, 2.45) is 0 Å². The minimum absolute atomic E-state index is 0.842. The summed E-state index contributed by atoms with van der Waals surface area (Å²) in [4.78, 5) is 0. The van der Waals surface area contributed by atoms with E-state index in [1.165, 1.54) is 0 Å². The van der Waals surface area contributed by atoms with Gasteiger partial charge in [0.05, 0.1) is 0 Å². The summed E-state index contributed by atoms with van der Waals surface area (Å²) in [7, 11) is 0. The van der Waals surface area contributed by atoms with Crippen LogP contribution in [0.2, 0.25) is 0 Å². The van der Waals surface area contributed by atoms with Crippen molar-refractivity contribution in [2.45, 2.75) is 13.3 Å². The van der Waals surface area contributed by atoms with E-state index in [4.69, 9.17) is 5.73 Å². The van der Waals surface area contributed by atoms with Gasteiger partial charge in [-0.05, 0) is 37.1 Å². The van der Waals surface area contributed by atoms with E-state index in [2.05, 4.69) is 18.0 Å². The van der Waals surface area contributed by atoms with Crippen LogP contribution >= 0.6 is 0 Å². The van der Waals surface area contributed by atoms with Gasteiger partial charge in [-0.1, -0.05) is 6.08 Å². The maximum Gasteiger partial charge on any atom is 0.0345 e. The third kappa shape index (κ3) is 2.82. The van der Waals surface area contributed by atoms with Crippen molar-refractivity contribution in [1.29, 1.82) is 0 Å². The standard InChI is InChI=1S/C11H16N2/c1-3-4-7-13-10-5-6-11(12)9(2)8-10/h3,5-6,8,13H,1,4,7,12H2,2H3. The van der Waals surface area contributed by atoms with Crippen LogP contribution in [-0.4, -0.2) is 6.54 Å². The largest absolute Gasteiger partial charge is 0.399 e. The smallest absolute Gasteiger partial charge is 0.0345 e. The first-order valence-corrected chi connectivity index (χ1v) is 4.45. The highest BCUT2D eigenvalue weighted by Crippen LogP contribution is 2.16. The molecule has 0 radical (unpaired) electrons. The van der Waals surface area contributed by atoms with E-state index in [-0.39, 0.29) is 0 Å². The van der Waals surface area contributed by atoms with Crippen LogP contribution in [0.1, 0.15) is 12.0 Å². The van der Waals surface area contributed by atoms with Crippen molar-refractivity contribution in [3.63, 3.8) is 0 Å². The Morgan fingerprint density at radius 2 is 2.31 bits per heavy atom. The lowest BCUT2D eigenvalue weighted by molar-refractivity contribution is 1.07. The van der Waals surface area contributed by atoms with Gasteiger partial charge in [-0.3, -0.25) is 0 Å². The highest BCUT2D eigenvalue weighted by atomic mass is 14.9. The van der Waals surface area contributed by atoms with E-state index in [0.29, 0.717) is 0 Å². The van der Waals surface area contributed by atoms with Gasteiger partial charge in [-0.25, -0.2) is 0 Å². The molecular formula is C11H16N2. The highest BCUT2D eigenvalue weighted by Gasteiger charge is 1.94. The molecule has 70 valence electrons. The Kier molecular flexibility index (Phi) is 3.38. The molecule has 0 unspecified atom stereocenters. The molecule has 0 aromatic heterocycles.